The number of anilines is 2. The van der Waals surface area contributed by atoms with Crippen LogP contribution in [0.1, 0.15) is 22.7 Å². The van der Waals surface area contributed by atoms with E-state index in [0.29, 0.717) is 41.5 Å². The van der Waals surface area contributed by atoms with E-state index in [4.69, 9.17) is 14.2 Å². The van der Waals surface area contributed by atoms with Crippen LogP contribution in [0.3, 0.4) is 0 Å². The van der Waals surface area contributed by atoms with Gasteiger partial charge in [0.2, 0.25) is 5.91 Å². The third-order valence-electron chi connectivity index (χ3n) is 8.42. The van der Waals surface area contributed by atoms with Crippen molar-refractivity contribution in [1.82, 2.24) is 19.9 Å². The number of benzene rings is 4. The Bertz CT molecular complexity index is 1850. The minimum absolute atomic E-state index is 0.113. The molecule has 1 aromatic heterocycles. The Balaban J connectivity index is 1.38. The smallest absolute Gasteiger partial charge is 0.251 e. The van der Waals surface area contributed by atoms with Gasteiger partial charge >= 0.3 is 0 Å². The van der Waals surface area contributed by atoms with Crippen molar-refractivity contribution >= 4 is 34.2 Å². The largest absolute Gasteiger partial charge is 0.493 e. The van der Waals surface area contributed by atoms with Crippen LogP contribution in [0.5, 0.6) is 11.5 Å². The lowest BCUT2D eigenvalue weighted by Gasteiger charge is -2.32. The summed E-state index contributed by atoms with van der Waals surface area (Å²) in [5.74, 6) is 0.284. The monoisotopic (exact) mass is 634 g/mol. The van der Waals surface area contributed by atoms with Crippen molar-refractivity contribution in [3.8, 4) is 11.5 Å². The number of ether oxygens (including phenoxy) is 3. The first-order chi connectivity index (χ1) is 22.9. The number of carbonyl (C=O) groups excluding carboxylic acids is 2. The third kappa shape index (κ3) is 7.05. The van der Waals surface area contributed by atoms with Gasteiger partial charge in [0.05, 0.1) is 33.0 Å². The Morgan fingerprint density at radius 3 is 2.38 bits per heavy atom. The first-order valence-electron chi connectivity index (χ1n) is 15.5. The molecule has 0 spiro atoms. The summed E-state index contributed by atoms with van der Waals surface area (Å²) in [6.45, 7) is 5.04. The van der Waals surface area contributed by atoms with Gasteiger partial charge in [0, 0.05) is 31.0 Å². The summed E-state index contributed by atoms with van der Waals surface area (Å²) in [6, 6.07) is 27.3. The molecule has 0 radical (unpaired) electrons. The lowest BCUT2D eigenvalue weighted by atomic mass is 10.0. The van der Waals surface area contributed by atoms with E-state index in [1.807, 2.05) is 79.7 Å². The molecule has 2 heterocycles. The van der Waals surface area contributed by atoms with Gasteiger partial charge < -0.3 is 29.3 Å². The fourth-order valence-corrected chi connectivity index (χ4v) is 5.83. The van der Waals surface area contributed by atoms with Gasteiger partial charge in [-0.2, -0.15) is 0 Å². The zero-order valence-corrected chi connectivity index (χ0v) is 26.8. The highest BCUT2D eigenvalue weighted by molar-refractivity contribution is 5.98. The number of fused-ring (bicyclic) bond motifs is 1. The molecule has 1 unspecified atom stereocenters. The van der Waals surface area contributed by atoms with Gasteiger partial charge in [-0.05, 0) is 72.1 Å². The summed E-state index contributed by atoms with van der Waals surface area (Å²) in [5, 5.41) is 11.6. The predicted octanol–water partition coefficient (Wildman–Crippen LogP) is 5.00. The number of aromatic nitrogens is 3. The Morgan fingerprint density at radius 2 is 1.64 bits per heavy atom. The SMILES string of the molecule is COc1ccc(C(C(=O)Nc2ccc(N3CCOCC3)cc2)N(Cc2ccccc2C)C(=O)Cn2nnc3ccccc32)cc1OC. The number of hydrogen-bond acceptors (Lipinski definition) is 8. The van der Waals surface area contributed by atoms with E-state index in [-0.39, 0.29) is 24.9 Å². The molecular weight excluding hydrogens is 596 g/mol. The normalized spacial score (nSPS) is 13.6. The van der Waals surface area contributed by atoms with Gasteiger partial charge in [0.1, 0.15) is 18.1 Å². The minimum Gasteiger partial charge on any atom is -0.493 e. The third-order valence-corrected chi connectivity index (χ3v) is 8.42. The quantitative estimate of drug-likeness (QED) is 0.216. The van der Waals surface area contributed by atoms with Gasteiger partial charge in [-0.15, -0.1) is 5.10 Å². The van der Waals surface area contributed by atoms with E-state index in [2.05, 4.69) is 20.5 Å². The topological polar surface area (TPSA) is 111 Å². The second kappa shape index (κ2) is 14.3. The van der Waals surface area contributed by atoms with Crippen molar-refractivity contribution in [2.24, 2.45) is 0 Å². The lowest BCUT2D eigenvalue weighted by molar-refractivity contribution is -0.140. The van der Waals surface area contributed by atoms with Gasteiger partial charge in [-0.1, -0.05) is 47.7 Å². The molecule has 11 nitrogen and oxygen atoms in total. The van der Waals surface area contributed by atoms with E-state index in [1.165, 1.54) is 0 Å². The zero-order valence-electron chi connectivity index (χ0n) is 26.8. The molecule has 1 aliphatic rings. The number of aryl methyl sites for hydroxylation is 1. The molecule has 1 N–H and O–H groups in total. The molecule has 4 aromatic carbocycles. The number of para-hydroxylation sites is 1. The number of nitrogens with zero attached hydrogens (tertiary/aromatic N) is 5. The van der Waals surface area contributed by atoms with Crippen LogP contribution in [0, 0.1) is 6.92 Å². The van der Waals surface area contributed by atoms with Gasteiger partial charge in [0.25, 0.3) is 5.91 Å². The van der Waals surface area contributed by atoms with E-state index in [9.17, 15) is 9.59 Å². The molecule has 1 saturated heterocycles. The van der Waals surface area contributed by atoms with Gasteiger partial charge in [-0.3, -0.25) is 9.59 Å². The first kappa shape index (κ1) is 31.6. The number of hydrogen-bond donors (Lipinski definition) is 1. The average Bonchev–Trinajstić information content (AvgIpc) is 3.51. The maximum atomic E-state index is 14.5. The predicted molar refractivity (Wildman–Crippen MR) is 180 cm³/mol. The number of rotatable bonds is 11. The molecule has 2 amide bonds. The Kier molecular flexibility index (Phi) is 9.63. The van der Waals surface area contributed by atoms with Crippen molar-refractivity contribution in [3.05, 3.63) is 108 Å². The number of carbonyl (C=O) groups is 2. The molecule has 5 aromatic rings. The van der Waals surface area contributed by atoms with Crippen LogP contribution in [0.4, 0.5) is 11.4 Å². The average molecular weight is 635 g/mol. The summed E-state index contributed by atoms with van der Waals surface area (Å²) in [7, 11) is 3.09. The number of methoxy groups -OCH3 is 2. The fraction of sp³-hybridized carbons (Fsp3) is 0.278. The van der Waals surface area contributed by atoms with Crippen LogP contribution in [0.15, 0.2) is 91.0 Å². The second-order valence-electron chi connectivity index (χ2n) is 11.3. The molecule has 0 aliphatic carbocycles. The Morgan fingerprint density at radius 1 is 0.915 bits per heavy atom. The van der Waals surface area contributed by atoms with E-state index in [1.54, 1.807) is 42.0 Å². The van der Waals surface area contributed by atoms with Crippen LogP contribution >= 0.6 is 0 Å². The highest BCUT2D eigenvalue weighted by atomic mass is 16.5. The van der Waals surface area contributed by atoms with E-state index in [0.717, 1.165) is 35.4 Å². The van der Waals surface area contributed by atoms with E-state index < -0.39 is 6.04 Å². The molecular formula is C36H38N6O5. The maximum absolute atomic E-state index is 14.5. The van der Waals surface area contributed by atoms with Crippen molar-refractivity contribution in [2.75, 3.05) is 50.7 Å². The Labute approximate surface area is 273 Å². The Hall–Kier alpha value is -5.42. The molecule has 1 fully saturated rings. The van der Waals surface area contributed by atoms with Crippen molar-refractivity contribution in [2.45, 2.75) is 26.1 Å². The van der Waals surface area contributed by atoms with Crippen molar-refractivity contribution in [3.63, 3.8) is 0 Å². The summed E-state index contributed by atoms with van der Waals surface area (Å²) in [5.41, 5.74) is 5.56. The van der Waals surface area contributed by atoms with Crippen molar-refractivity contribution in [1.29, 1.82) is 0 Å². The molecule has 11 heteroatoms. The van der Waals surface area contributed by atoms with Crippen LogP contribution < -0.4 is 19.7 Å². The van der Waals surface area contributed by atoms with Crippen LogP contribution in [0.25, 0.3) is 11.0 Å². The summed E-state index contributed by atoms with van der Waals surface area (Å²) in [6.07, 6.45) is 0. The summed E-state index contributed by atoms with van der Waals surface area (Å²) >= 11 is 0. The molecule has 6 rings (SSSR count). The lowest BCUT2D eigenvalue weighted by Crippen LogP contribution is -2.42. The molecule has 0 saturated carbocycles. The zero-order chi connectivity index (χ0) is 32.8. The number of nitrogens with one attached hydrogen (secondary N) is 1. The fourth-order valence-electron chi connectivity index (χ4n) is 5.83. The number of amides is 2. The standard InChI is InChI=1S/C36H38N6O5/c1-25-8-4-5-9-27(25)23-41(34(43)24-42-31-11-7-6-10-30(31)38-39-42)35(26-12-17-32(45-2)33(22-26)46-3)36(44)37-28-13-15-29(16-14-28)40-18-20-47-21-19-40/h4-17,22,35H,18-21,23-24H2,1-3H3,(H,37,44). The second-order valence-corrected chi connectivity index (χ2v) is 11.3. The first-order valence-corrected chi connectivity index (χ1v) is 15.5. The number of morpholine rings is 1. The molecule has 0 bridgehead atoms. The molecule has 1 atom stereocenters. The van der Waals surface area contributed by atoms with Crippen LogP contribution in [-0.2, 0) is 27.4 Å². The van der Waals surface area contributed by atoms with Crippen LogP contribution in [0.2, 0.25) is 0 Å². The van der Waals surface area contributed by atoms with Crippen LogP contribution in [-0.4, -0.2) is 72.2 Å². The highest BCUT2D eigenvalue weighted by Crippen LogP contribution is 2.34. The molecule has 242 valence electrons. The summed E-state index contributed by atoms with van der Waals surface area (Å²) in [4.78, 5) is 32.7. The van der Waals surface area contributed by atoms with E-state index >= 15 is 0 Å². The van der Waals surface area contributed by atoms with Crippen molar-refractivity contribution < 1.29 is 23.8 Å². The molecule has 47 heavy (non-hydrogen) atoms. The van der Waals surface area contributed by atoms with Gasteiger partial charge in [0.15, 0.2) is 11.5 Å². The van der Waals surface area contributed by atoms with Gasteiger partial charge in [-0.25, -0.2) is 4.68 Å². The molecule has 1 aliphatic heterocycles. The minimum atomic E-state index is -1.03. The maximum Gasteiger partial charge on any atom is 0.251 e. The summed E-state index contributed by atoms with van der Waals surface area (Å²) < 4.78 is 18.1. The highest BCUT2D eigenvalue weighted by Gasteiger charge is 2.33.